The number of ether oxygens (including phenoxy) is 1. The first kappa shape index (κ1) is 13.1. The second kappa shape index (κ2) is 5.98. The van der Waals surface area contributed by atoms with Gasteiger partial charge in [0.1, 0.15) is 6.10 Å². The van der Waals surface area contributed by atoms with Gasteiger partial charge in [-0.25, -0.2) is 0 Å². The van der Waals surface area contributed by atoms with E-state index in [0.717, 1.165) is 24.0 Å². The van der Waals surface area contributed by atoms with E-state index in [-0.39, 0.29) is 18.6 Å². The van der Waals surface area contributed by atoms with Gasteiger partial charge >= 0.3 is 0 Å². The zero-order valence-corrected chi connectivity index (χ0v) is 10.6. The summed E-state index contributed by atoms with van der Waals surface area (Å²) in [5.41, 5.74) is 1.96. The molecule has 2 N–H and O–H groups in total. The number of amides is 1. The lowest BCUT2D eigenvalue weighted by molar-refractivity contribution is -0.130. The molecule has 0 radical (unpaired) electrons. The van der Waals surface area contributed by atoms with Crippen LogP contribution in [0.1, 0.15) is 30.1 Å². The van der Waals surface area contributed by atoms with Crippen LogP contribution in [-0.2, 0) is 9.53 Å². The topological polar surface area (TPSA) is 58.6 Å². The number of aliphatic hydroxyl groups is 1. The summed E-state index contributed by atoms with van der Waals surface area (Å²) in [6.07, 6.45) is 0.691. The molecule has 1 aliphatic rings. The summed E-state index contributed by atoms with van der Waals surface area (Å²) in [5, 5.41) is 12.7. The highest BCUT2D eigenvalue weighted by atomic mass is 16.5. The summed E-state index contributed by atoms with van der Waals surface area (Å²) in [6, 6.07) is 7.64. The first-order valence-corrected chi connectivity index (χ1v) is 6.31. The number of aryl methyl sites for hydroxylation is 1. The Morgan fingerprint density at radius 3 is 2.83 bits per heavy atom. The zero-order valence-electron chi connectivity index (χ0n) is 10.6. The summed E-state index contributed by atoms with van der Waals surface area (Å²) >= 11 is 0. The highest BCUT2D eigenvalue weighted by molar-refractivity contribution is 5.80. The van der Waals surface area contributed by atoms with Crippen molar-refractivity contribution in [3.63, 3.8) is 0 Å². The fourth-order valence-corrected chi connectivity index (χ4v) is 2.00. The van der Waals surface area contributed by atoms with Gasteiger partial charge in [0.15, 0.2) is 0 Å². The molecular weight excluding hydrogens is 230 g/mol. The Morgan fingerprint density at radius 1 is 1.50 bits per heavy atom. The van der Waals surface area contributed by atoms with E-state index >= 15 is 0 Å². The van der Waals surface area contributed by atoms with E-state index in [1.807, 2.05) is 31.2 Å². The van der Waals surface area contributed by atoms with Gasteiger partial charge in [0, 0.05) is 13.2 Å². The number of benzene rings is 1. The highest BCUT2D eigenvalue weighted by Crippen LogP contribution is 2.14. The predicted octanol–water partition coefficient (Wildman–Crippen LogP) is 1.32. The van der Waals surface area contributed by atoms with Gasteiger partial charge in [-0.3, -0.25) is 4.79 Å². The van der Waals surface area contributed by atoms with E-state index in [9.17, 15) is 9.90 Å². The minimum absolute atomic E-state index is 0.126. The third kappa shape index (κ3) is 3.31. The number of rotatable bonds is 4. The van der Waals surface area contributed by atoms with Gasteiger partial charge in [-0.15, -0.1) is 0 Å². The molecule has 0 spiro atoms. The third-order valence-corrected chi connectivity index (χ3v) is 3.15. The molecule has 1 aromatic carbocycles. The van der Waals surface area contributed by atoms with E-state index in [1.165, 1.54) is 0 Å². The lowest BCUT2D eigenvalue weighted by Gasteiger charge is -2.14. The molecule has 1 fully saturated rings. The summed E-state index contributed by atoms with van der Waals surface area (Å²) in [4.78, 5) is 11.7. The van der Waals surface area contributed by atoms with Gasteiger partial charge in [0.25, 0.3) is 0 Å². The Bertz CT molecular complexity index is 396. The molecule has 4 heteroatoms. The van der Waals surface area contributed by atoms with Crippen LogP contribution in [0, 0.1) is 6.92 Å². The monoisotopic (exact) mass is 249 g/mol. The van der Waals surface area contributed by atoms with Crippen LogP contribution in [0.3, 0.4) is 0 Å². The molecule has 0 saturated carbocycles. The molecule has 0 aromatic heterocycles. The maximum atomic E-state index is 11.7. The van der Waals surface area contributed by atoms with Gasteiger partial charge in [-0.05, 0) is 25.3 Å². The SMILES string of the molecule is Cc1ccc(C(O)CNC(=O)C2CCCO2)cc1. The molecule has 1 heterocycles. The molecule has 2 unspecified atom stereocenters. The summed E-state index contributed by atoms with van der Waals surface area (Å²) in [7, 11) is 0. The van der Waals surface area contributed by atoms with Crippen molar-refractivity contribution in [2.24, 2.45) is 0 Å². The van der Waals surface area contributed by atoms with Gasteiger partial charge < -0.3 is 15.2 Å². The molecule has 18 heavy (non-hydrogen) atoms. The van der Waals surface area contributed by atoms with Gasteiger partial charge in [0.05, 0.1) is 6.10 Å². The summed E-state index contributed by atoms with van der Waals surface area (Å²) in [5.74, 6) is -0.126. The number of carbonyl (C=O) groups is 1. The number of hydrogen-bond donors (Lipinski definition) is 2. The van der Waals surface area contributed by atoms with Crippen LogP contribution in [0.25, 0.3) is 0 Å². The van der Waals surface area contributed by atoms with Crippen molar-refractivity contribution in [3.05, 3.63) is 35.4 Å². The maximum absolute atomic E-state index is 11.7. The number of carbonyl (C=O) groups excluding carboxylic acids is 1. The standard InChI is InChI=1S/C14H19NO3/c1-10-4-6-11(7-5-10)12(16)9-15-14(17)13-3-2-8-18-13/h4-7,12-13,16H,2-3,8-9H2,1H3,(H,15,17). The Kier molecular flexibility index (Phi) is 4.33. The molecule has 2 atom stereocenters. The van der Waals surface area contributed by atoms with Crippen LogP contribution < -0.4 is 5.32 Å². The van der Waals surface area contributed by atoms with E-state index in [2.05, 4.69) is 5.32 Å². The van der Waals surface area contributed by atoms with E-state index in [1.54, 1.807) is 0 Å². The Morgan fingerprint density at radius 2 is 2.22 bits per heavy atom. The zero-order chi connectivity index (χ0) is 13.0. The smallest absolute Gasteiger partial charge is 0.249 e. The van der Waals surface area contributed by atoms with Crippen molar-refractivity contribution >= 4 is 5.91 Å². The highest BCUT2D eigenvalue weighted by Gasteiger charge is 2.23. The third-order valence-electron chi connectivity index (χ3n) is 3.15. The number of nitrogens with one attached hydrogen (secondary N) is 1. The van der Waals surface area contributed by atoms with Crippen LogP contribution in [0.4, 0.5) is 0 Å². The molecule has 1 amide bonds. The first-order chi connectivity index (χ1) is 8.66. The van der Waals surface area contributed by atoms with Crippen molar-refractivity contribution in [1.82, 2.24) is 5.32 Å². The van der Waals surface area contributed by atoms with Crippen molar-refractivity contribution < 1.29 is 14.6 Å². The second-order valence-electron chi connectivity index (χ2n) is 4.67. The number of hydrogen-bond acceptors (Lipinski definition) is 3. The van der Waals surface area contributed by atoms with Crippen molar-refractivity contribution in [3.8, 4) is 0 Å². The van der Waals surface area contributed by atoms with Crippen molar-refractivity contribution in [1.29, 1.82) is 0 Å². The normalized spacial score (nSPS) is 20.7. The average molecular weight is 249 g/mol. The lowest BCUT2D eigenvalue weighted by atomic mass is 10.1. The molecule has 1 aliphatic heterocycles. The van der Waals surface area contributed by atoms with Crippen LogP contribution in [-0.4, -0.2) is 30.3 Å². The average Bonchev–Trinajstić information content (AvgIpc) is 2.90. The van der Waals surface area contributed by atoms with E-state index in [0.29, 0.717) is 6.61 Å². The Hall–Kier alpha value is -1.39. The summed E-state index contributed by atoms with van der Waals surface area (Å²) in [6.45, 7) is 2.87. The molecule has 2 rings (SSSR count). The van der Waals surface area contributed by atoms with Gasteiger partial charge in [-0.2, -0.15) is 0 Å². The minimum Gasteiger partial charge on any atom is -0.387 e. The van der Waals surface area contributed by atoms with Gasteiger partial charge in [-0.1, -0.05) is 29.8 Å². The molecule has 1 saturated heterocycles. The largest absolute Gasteiger partial charge is 0.387 e. The molecule has 98 valence electrons. The van der Waals surface area contributed by atoms with Crippen LogP contribution in [0.2, 0.25) is 0 Å². The first-order valence-electron chi connectivity index (χ1n) is 6.31. The molecular formula is C14H19NO3. The van der Waals surface area contributed by atoms with Gasteiger partial charge in [0.2, 0.25) is 5.91 Å². The van der Waals surface area contributed by atoms with Crippen LogP contribution >= 0.6 is 0 Å². The number of aliphatic hydroxyl groups excluding tert-OH is 1. The molecule has 0 aliphatic carbocycles. The maximum Gasteiger partial charge on any atom is 0.249 e. The molecule has 1 aromatic rings. The quantitative estimate of drug-likeness (QED) is 0.846. The van der Waals surface area contributed by atoms with E-state index in [4.69, 9.17) is 4.74 Å². The molecule has 4 nitrogen and oxygen atoms in total. The second-order valence-corrected chi connectivity index (χ2v) is 4.67. The predicted molar refractivity (Wildman–Crippen MR) is 68.1 cm³/mol. The molecule has 0 bridgehead atoms. The van der Waals surface area contributed by atoms with E-state index < -0.39 is 6.10 Å². The Labute approximate surface area is 107 Å². The van der Waals surface area contributed by atoms with Crippen molar-refractivity contribution in [2.75, 3.05) is 13.2 Å². The lowest BCUT2D eigenvalue weighted by Crippen LogP contribution is -2.36. The van der Waals surface area contributed by atoms with Crippen LogP contribution in [0.15, 0.2) is 24.3 Å². The fourth-order valence-electron chi connectivity index (χ4n) is 2.00. The van der Waals surface area contributed by atoms with Crippen molar-refractivity contribution in [2.45, 2.75) is 32.0 Å². The minimum atomic E-state index is -0.670. The fraction of sp³-hybridized carbons (Fsp3) is 0.500. The summed E-state index contributed by atoms with van der Waals surface area (Å²) < 4.78 is 5.27. The van der Waals surface area contributed by atoms with Crippen LogP contribution in [0.5, 0.6) is 0 Å². The Balaban J connectivity index is 1.82.